The molecule has 20 heavy (non-hydrogen) atoms. The van der Waals surface area contributed by atoms with Crippen LogP contribution in [-0.4, -0.2) is 11.1 Å². The van der Waals surface area contributed by atoms with Crippen LogP contribution in [0.25, 0.3) is 22.0 Å². The molecule has 0 aliphatic heterocycles. The second-order valence-corrected chi connectivity index (χ2v) is 4.78. The molecule has 0 aliphatic rings. The maximum absolute atomic E-state index is 5.75. The Labute approximate surface area is 125 Å². The van der Waals surface area contributed by atoms with Gasteiger partial charge < -0.3 is 10.3 Å². The van der Waals surface area contributed by atoms with Gasteiger partial charge in [-0.1, -0.05) is 48.5 Å². The number of nitrogens with two attached hydrogens (primary N) is 1. The number of benzene rings is 2. The Morgan fingerprint density at radius 3 is 2.30 bits per heavy atom. The summed E-state index contributed by atoms with van der Waals surface area (Å²) in [6.07, 6.45) is 0. The summed E-state index contributed by atoms with van der Waals surface area (Å²) in [5, 5.41) is 1.31. The van der Waals surface area contributed by atoms with Crippen LogP contribution in [0.15, 0.2) is 54.6 Å². The van der Waals surface area contributed by atoms with Crippen LogP contribution >= 0.6 is 12.4 Å². The highest BCUT2D eigenvalue weighted by atomic mass is 35.5. The van der Waals surface area contributed by atoms with Gasteiger partial charge in [0.2, 0.25) is 0 Å². The Bertz CT molecular complexity index is 702. The second-order valence-electron chi connectivity index (χ2n) is 4.78. The minimum absolute atomic E-state index is 0. The minimum atomic E-state index is 0. The van der Waals surface area contributed by atoms with E-state index in [1.54, 1.807) is 0 Å². The number of halogens is 1. The highest BCUT2D eigenvalue weighted by Crippen LogP contribution is 2.34. The lowest BCUT2D eigenvalue weighted by Gasteiger charge is -2.06. The van der Waals surface area contributed by atoms with E-state index < -0.39 is 0 Å². The summed E-state index contributed by atoms with van der Waals surface area (Å²) in [6, 6.07) is 19.1. The number of hydrogen-bond acceptors (Lipinski definition) is 1. The minimum Gasteiger partial charge on any atom is -0.343 e. The van der Waals surface area contributed by atoms with Crippen molar-refractivity contribution < 1.29 is 0 Å². The van der Waals surface area contributed by atoms with E-state index in [4.69, 9.17) is 5.73 Å². The summed E-state index contributed by atoms with van der Waals surface area (Å²) < 4.78 is 2.32. The molecule has 3 heteroatoms. The van der Waals surface area contributed by atoms with E-state index in [0.717, 1.165) is 6.54 Å². The Kier molecular flexibility index (Phi) is 4.48. The molecule has 2 nitrogen and oxygen atoms in total. The fourth-order valence-corrected chi connectivity index (χ4v) is 2.82. The second kappa shape index (κ2) is 6.12. The molecule has 0 bridgehead atoms. The summed E-state index contributed by atoms with van der Waals surface area (Å²) >= 11 is 0. The summed E-state index contributed by atoms with van der Waals surface area (Å²) in [6.45, 7) is 3.70. The average molecular weight is 287 g/mol. The number of hydrogen-bond donors (Lipinski definition) is 1. The van der Waals surface area contributed by atoms with Crippen LogP contribution < -0.4 is 5.73 Å². The molecule has 2 aromatic carbocycles. The van der Waals surface area contributed by atoms with Crippen LogP contribution in [0.2, 0.25) is 0 Å². The molecule has 0 fully saturated rings. The topological polar surface area (TPSA) is 30.9 Å². The molecule has 2 N–H and O–H groups in total. The zero-order chi connectivity index (χ0) is 13.2. The van der Waals surface area contributed by atoms with E-state index in [0.29, 0.717) is 6.54 Å². The zero-order valence-corrected chi connectivity index (χ0v) is 12.4. The van der Waals surface area contributed by atoms with Crippen molar-refractivity contribution in [1.82, 2.24) is 4.57 Å². The van der Waals surface area contributed by atoms with Crippen molar-refractivity contribution in [2.75, 3.05) is 6.54 Å². The zero-order valence-electron chi connectivity index (χ0n) is 11.5. The third kappa shape index (κ3) is 2.33. The third-order valence-electron chi connectivity index (χ3n) is 3.65. The number of aromatic nitrogens is 1. The third-order valence-corrected chi connectivity index (χ3v) is 3.65. The van der Waals surface area contributed by atoms with Gasteiger partial charge in [-0.25, -0.2) is 0 Å². The van der Waals surface area contributed by atoms with Crippen LogP contribution in [0.4, 0.5) is 0 Å². The van der Waals surface area contributed by atoms with Crippen molar-refractivity contribution in [3.8, 4) is 11.1 Å². The van der Waals surface area contributed by atoms with Crippen LogP contribution in [0.5, 0.6) is 0 Å². The smallest absolute Gasteiger partial charge is 0.0489 e. The van der Waals surface area contributed by atoms with Crippen molar-refractivity contribution in [2.45, 2.75) is 13.5 Å². The molecule has 1 aromatic heterocycles. The highest BCUT2D eigenvalue weighted by Gasteiger charge is 2.14. The van der Waals surface area contributed by atoms with Crippen LogP contribution in [0.3, 0.4) is 0 Å². The molecule has 0 radical (unpaired) electrons. The molecular formula is C17H19ClN2. The molecule has 0 atom stereocenters. The maximum Gasteiger partial charge on any atom is 0.0489 e. The predicted octanol–water partition coefficient (Wildman–Crippen LogP) is 4.00. The normalized spacial score (nSPS) is 10.5. The van der Waals surface area contributed by atoms with Crippen molar-refractivity contribution in [3.63, 3.8) is 0 Å². The molecule has 0 saturated heterocycles. The lowest BCUT2D eigenvalue weighted by Crippen LogP contribution is -2.10. The lowest BCUT2D eigenvalue weighted by atomic mass is 10.0. The van der Waals surface area contributed by atoms with Crippen molar-refractivity contribution in [1.29, 1.82) is 0 Å². The Morgan fingerprint density at radius 1 is 0.950 bits per heavy atom. The molecule has 0 saturated carbocycles. The number of nitrogens with zero attached hydrogens (tertiary/aromatic N) is 1. The first-order valence-electron chi connectivity index (χ1n) is 6.66. The standard InChI is InChI=1S/C17H18N2.ClH/c1-13-17(14-7-3-2-4-8-14)15-9-5-6-10-16(15)19(13)12-11-18;/h2-10H,11-12,18H2,1H3;1H. The van der Waals surface area contributed by atoms with Gasteiger partial charge >= 0.3 is 0 Å². The van der Waals surface area contributed by atoms with Gasteiger partial charge in [0, 0.05) is 35.2 Å². The average Bonchev–Trinajstić information content (AvgIpc) is 2.73. The fourth-order valence-electron chi connectivity index (χ4n) is 2.82. The quantitative estimate of drug-likeness (QED) is 0.775. The van der Waals surface area contributed by atoms with Gasteiger partial charge in [-0.15, -0.1) is 12.4 Å². The first kappa shape index (κ1) is 14.6. The van der Waals surface area contributed by atoms with E-state index in [9.17, 15) is 0 Å². The van der Waals surface area contributed by atoms with Crippen molar-refractivity contribution in [2.24, 2.45) is 5.73 Å². The monoisotopic (exact) mass is 286 g/mol. The van der Waals surface area contributed by atoms with E-state index in [1.165, 1.54) is 27.7 Å². The molecule has 104 valence electrons. The largest absolute Gasteiger partial charge is 0.343 e. The molecule has 3 rings (SSSR count). The van der Waals surface area contributed by atoms with Gasteiger partial charge in [0.1, 0.15) is 0 Å². The van der Waals surface area contributed by atoms with Gasteiger partial charge in [-0.05, 0) is 18.6 Å². The Morgan fingerprint density at radius 2 is 1.60 bits per heavy atom. The first-order chi connectivity index (χ1) is 9.33. The van der Waals surface area contributed by atoms with Gasteiger partial charge in [-0.2, -0.15) is 0 Å². The van der Waals surface area contributed by atoms with Crippen LogP contribution in [0, 0.1) is 6.92 Å². The SMILES string of the molecule is Cc1c(-c2ccccc2)c2ccccc2n1CCN.Cl. The maximum atomic E-state index is 5.75. The number of fused-ring (bicyclic) bond motifs is 1. The summed E-state index contributed by atoms with van der Waals surface area (Å²) in [5.41, 5.74) is 10.9. The first-order valence-corrected chi connectivity index (χ1v) is 6.66. The fraction of sp³-hybridized carbons (Fsp3) is 0.176. The molecule has 3 aromatic rings. The molecule has 0 spiro atoms. The lowest BCUT2D eigenvalue weighted by molar-refractivity contribution is 0.716. The number of rotatable bonds is 3. The van der Waals surface area contributed by atoms with Crippen LogP contribution in [0.1, 0.15) is 5.69 Å². The predicted molar refractivity (Wildman–Crippen MR) is 88.4 cm³/mol. The number of para-hydroxylation sites is 1. The molecule has 0 aliphatic carbocycles. The Hall–Kier alpha value is -1.77. The Balaban J connectivity index is 0.00000147. The van der Waals surface area contributed by atoms with E-state index in [2.05, 4.69) is 66.1 Å². The van der Waals surface area contributed by atoms with Crippen molar-refractivity contribution >= 4 is 23.3 Å². The summed E-state index contributed by atoms with van der Waals surface area (Å²) in [7, 11) is 0. The van der Waals surface area contributed by atoms with Gasteiger partial charge in [-0.3, -0.25) is 0 Å². The molecule has 0 amide bonds. The summed E-state index contributed by atoms with van der Waals surface area (Å²) in [5.74, 6) is 0. The molecule has 0 unspecified atom stereocenters. The molecular weight excluding hydrogens is 268 g/mol. The van der Waals surface area contributed by atoms with Crippen molar-refractivity contribution in [3.05, 3.63) is 60.3 Å². The van der Waals surface area contributed by atoms with Gasteiger partial charge in [0.15, 0.2) is 0 Å². The van der Waals surface area contributed by atoms with E-state index in [-0.39, 0.29) is 12.4 Å². The van der Waals surface area contributed by atoms with E-state index in [1.807, 2.05) is 0 Å². The van der Waals surface area contributed by atoms with Crippen LogP contribution in [-0.2, 0) is 6.54 Å². The van der Waals surface area contributed by atoms with Gasteiger partial charge in [0.05, 0.1) is 0 Å². The van der Waals surface area contributed by atoms with E-state index >= 15 is 0 Å². The molecule has 1 heterocycles. The summed E-state index contributed by atoms with van der Waals surface area (Å²) in [4.78, 5) is 0. The van der Waals surface area contributed by atoms with Gasteiger partial charge in [0.25, 0.3) is 0 Å². The highest BCUT2D eigenvalue weighted by molar-refractivity contribution is 5.98.